The minimum Gasteiger partial charge on any atom is -0.497 e. The monoisotopic (exact) mass is 475 g/mol. The number of hydrogen-bond donors (Lipinski definition) is 0. The van der Waals surface area contributed by atoms with E-state index in [-0.39, 0.29) is 5.24 Å². The Labute approximate surface area is 206 Å². The van der Waals surface area contributed by atoms with E-state index in [1.165, 1.54) is 72.1 Å². The number of amides is 1. The molecule has 2 heterocycles. The number of fused-ring (bicyclic) bond motifs is 1. The van der Waals surface area contributed by atoms with Gasteiger partial charge < -0.3 is 4.74 Å². The maximum Gasteiger partial charge on any atom is 0.301 e. The molecule has 0 unspecified atom stereocenters. The Morgan fingerprint density at radius 1 is 1.00 bits per heavy atom. The number of aliphatic imine (C=N–C) groups is 1. The smallest absolute Gasteiger partial charge is 0.301 e. The lowest BCUT2D eigenvalue weighted by molar-refractivity contribution is 0.235. The summed E-state index contributed by atoms with van der Waals surface area (Å²) in [6.07, 6.45) is 10.1. The molecule has 0 aromatic heterocycles. The van der Waals surface area contributed by atoms with Gasteiger partial charge in [0, 0.05) is 24.3 Å². The highest BCUT2D eigenvalue weighted by molar-refractivity contribution is 8.14. The zero-order valence-electron chi connectivity index (χ0n) is 20.1. The molecule has 1 amide bonds. The summed E-state index contributed by atoms with van der Waals surface area (Å²) in [4.78, 5) is 17.2. The first-order valence-corrected chi connectivity index (χ1v) is 13.4. The Morgan fingerprint density at radius 3 is 2.59 bits per heavy atom. The lowest BCUT2D eigenvalue weighted by Crippen LogP contribution is -2.26. The van der Waals surface area contributed by atoms with Gasteiger partial charge in [-0.3, -0.25) is 9.79 Å². The van der Waals surface area contributed by atoms with Crippen LogP contribution in [0.5, 0.6) is 5.75 Å². The number of ether oxygens (including phenoxy) is 1. The molecule has 6 heteroatoms. The third-order valence-electron chi connectivity index (χ3n) is 7.44. The van der Waals surface area contributed by atoms with E-state index in [0.29, 0.717) is 17.6 Å². The van der Waals surface area contributed by atoms with Crippen molar-refractivity contribution in [2.75, 3.05) is 19.9 Å². The first-order valence-electron chi connectivity index (χ1n) is 12.5. The van der Waals surface area contributed by atoms with E-state index in [9.17, 15) is 4.79 Å². The molecule has 0 spiro atoms. The molecular weight excluding hydrogens is 442 g/mol. The molecule has 1 saturated carbocycles. The van der Waals surface area contributed by atoms with E-state index in [0.717, 1.165) is 35.6 Å². The highest BCUT2D eigenvalue weighted by Gasteiger charge is 2.30. The predicted molar refractivity (Wildman–Crippen MR) is 141 cm³/mol. The SMILES string of the molecule is COc1cccc(C2=Nc3cc(C4=NN(C)C(=O)SC4)ccc3CC[C@H]2C2CCCCCC2)c1. The van der Waals surface area contributed by atoms with E-state index in [2.05, 4.69) is 41.5 Å². The van der Waals surface area contributed by atoms with Crippen LogP contribution in [-0.4, -0.2) is 41.6 Å². The molecule has 0 N–H and O–H groups in total. The first kappa shape index (κ1) is 23.2. The average molecular weight is 476 g/mol. The van der Waals surface area contributed by atoms with Gasteiger partial charge in [-0.05, 0) is 60.9 Å². The number of carbonyl (C=O) groups excluding carboxylic acids is 1. The number of hydrazone groups is 1. The second kappa shape index (κ2) is 10.3. The summed E-state index contributed by atoms with van der Waals surface area (Å²) in [6.45, 7) is 0. The van der Waals surface area contributed by atoms with Gasteiger partial charge in [0.1, 0.15) is 5.75 Å². The molecule has 3 aliphatic rings. The second-order valence-corrected chi connectivity index (χ2v) is 10.5. The summed E-state index contributed by atoms with van der Waals surface area (Å²) in [6, 6.07) is 14.9. The van der Waals surface area contributed by atoms with Crippen molar-refractivity contribution >= 4 is 34.1 Å². The molecule has 0 radical (unpaired) electrons. The van der Waals surface area contributed by atoms with Crippen LogP contribution in [0.4, 0.5) is 10.5 Å². The number of methoxy groups -OCH3 is 1. The number of benzene rings is 2. The molecule has 1 aliphatic carbocycles. The standard InChI is InChI=1S/C28H33N3O2S/c1-31-28(32)34-18-26(30-31)21-13-12-20-14-15-24(19-8-5-3-4-6-9-19)27(29-25(20)17-21)22-10-7-11-23(16-22)33-2/h7,10-13,16-17,19,24H,3-6,8-9,14-15,18H2,1-2H3/t24-/m0/s1. The second-order valence-electron chi connectivity index (χ2n) is 9.59. The van der Waals surface area contributed by atoms with Crippen molar-refractivity contribution in [1.29, 1.82) is 0 Å². The van der Waals surface area contributed by atoms with E-state index < -0.39 is 0 Å². The number of hydrogen-bond acceptors (Lipinski definition) is 5. The summed E-state index contributed by atoms with van der Waals surface area (Å²) in [5.41, 5.74) is 6.69. The normalized spacial score (nSPS) is 21.8. The lowest BCUT2D eigenvalue weighted by Gasteiger charge is -2.27. The fraction of sp³-hybridized carbons (Fsp3) is 0.464. The van der Waals surface area contributed by atoms with Crippen molar-refractivity contribution in [3.63, 3.8) is 0 Å². The fourth-order valence-corrected chi connectivity index (χ4v) is 6.28. The van der Waals surface area contributed by atoms with Crippen LogP contribution < -0.4 is 4.74 Å². The van der Waals surface area contributed by atoms with E-state index in [1.807, 2.05) is 6.07 Å². The minimum absolute atomic E-state index is 0.0110. The zero-order valence-corrected chi connectivity index (χ0v) is 20.9. The van der Waals surface area contributed by atoms with Gasteiger partial charge in [-0.2, -0.15) is 5.10 Å². The molecule has 1 atom stereocenters. The van der Waals surface area contributed by atoms with Crippen molar-refractivity contribution in [3.05, 3.63) is 59.2 Å². The summed E-state index contributed by atoms with van der Waals surface area (Å²) >= 11 is 1.30. The number of aryl methyl sites for hydroxylation is 1. The largest absolute Gasteiger partial charge is 0.497 e. The molecule has 2 aromatic rings. The molecule has 0 bridgehead atoms. The van der Waals surface area contributed by atoms with Crippen LogP contribution in [0.2, 0.25) is 0 Å². The molecule has 5 nitrogen and oxygen atoms in total. The third kappa shape index (κ3) is 4.92. The van der Waals surface area contributed by atoms with Crippen LogP contribution >= 0.6 is 11.8 Å². The maximum absolute atomic E-state index is 11.9. The number of rotatable bonds is 4. The Balaban J connectivity index is 1.57. The van der Waals surface area contributed by atoms with Gasteiger partial charge in [-0.1, -0.05) is 61.7 Å². The average Bonchev–Trinajstić information content (AvgIpc) is 3.24. The Kier molecular flexibility index (Phi) is 7.05. The van der Waals surface area contributed by atoms with Crippen LogP contribution in [0.15, 0.2) is 52.6 Å². The molecule has 2 aliphatic heterocycles. The van der Waals surface area contributed by atoms with E-state index in [1.54, 1.807) is 14.2 Å². The summed E-state index contributed by atoms with van der Waals surface area (Å²) in [5, 5.41) is 5.94. The van der Waals surface area contributed by atoms with Crippen molar-refractivity contribution in [3.8, 4) is 5.75 Å². The van der Waals surface area contributed by atoms with Crippen LogP contribution in [0.25, 0.3) is 0 Å². The van der Waals surface area contributed by atoms with Crippen molar-refractivity contribution in [2.45, 2.75) is 51.4 Å². The van der Waals surface area contributed by atoms with Crippen LogP contribution in [0, 0.1) is 11.8 Å². The molecule has 178 valence electrons. The number of thioether (sulfide) groups is 1. The summed E-state index contributed by atoms with van der Waals surface area (Å²) < 4.78 is 5.56. The quantitative estimate of drug-likeness (QED) is 0.454. The van der Waals surface area contributed by atoms with Gasteiger partial charge in [0.2, 0.25) is 0 Å². The Bertz CT molecular complexity index is 1120. The van der Waals surface area contributed by atoms with Gasteiger partial charge in [-0.15, -0.1) is 0 Å². The Hall–Kier alpha value is -2.60. The summed E-state index contributed by atoms with van der Waals surface area (Å²) in [7, 11) is 3.44. The van der Waals surface area contributed by atoms with Gasteiger partial charge in [0.15, 0.2) is 0 Å². The van der Waals surface area contributed by atoms with E-state index >= 15 is 0 Å². The fourth-order valence-electron chi connectivity index (χ4n) is 5.57. The van der Waals surface area contributed by atoms with Crippen molar-refractivity contribution in [1.82, 2.24) is 5.01 Å². The Morgan fingerprint density at radius 2 is 1.82 bits per heavy atom. The van der Waals surface area contributed by atoms with Crippen molar-refractivity contribution < 1.29 is 9.53 Å². The van der Waals surface area contributed by atoms with Gasteiger partial charge >= 0.3 is 5.24 Å². The molecule has 2 aromatic carbocycles. The molecule has 1 fully saturated rings. The van der Waals surface area contributed by atoms with Gasteiger partial charge in [-0.25, -0.2) is 5.01 Å². The number of carbonyl (C=O) groups is 1. The topological polar surface area (TPSA) is 54.3 Å². The predicted octanol–water partition coefficient (Wildman–Crippen LogP) is 6.85. The lowest BCUT2D eigenvalue weighted by atomic mass is 9.78. The van der Waals surface area contributed by atoms with Crippen LogP contribution in [0.3, 0.4) is 0 Å². The van der Waals surface area contributed by atoms with Gasteiger partial charge in [0.25, 0.3) is 0 Å². The molecule has 0 saturated heterocycles. The third-order valence-corrected chi connectivity index (χ3v) is 8.37. The number of nitrogens with zero attached hydrogens (tertiary/aromatic N) is 3. The zero-order chi connectivity index (χ0) is 23.5. The first-order chi connectivity index (χ1) is 16.6. The molecular formula is C28H33N3O2S. The molecule has 34 heavy (non-hydrogen) atoms. The van der Waals surface area contributed by atoms with Crippen LogP contribution in [-0.2, 0) is 6.42 Å². The highest BCUT2D eigenvalue weighted by atomic mass is 32.2. The van der Waals surface area contributed by atoms with Crippen molar-refractivity contribution in [2.24, 2.45) is 21.9 Å². The maximum atomic E-state index is 11.9. The van der Waals surface area contributed by atoms with E-state index in [4.69, 9.17) is 9.73 Å². The van der Waals surface area contributed by atoms with Gasteiger partial charge in [0.05, 0.1) is 24.2 Å². The minimum atomic E-state index is -0.0110. The summed E-state index contributed by atoms with van der Waals surface area (Å²) in [5.74, 6) is 2.60. The highest BCUT2D eigenvalue weighted by Crippen LogP contribution is 2.39. The molecule has 5 rings (SSSR count). The van der Waals surface area contributed by atoms with Crippen LogP contribution in [0.1, 0.15) is 61.6 Å².